The summed E-state index contributed by atoms with van der Waals surface area (Å²) < 4.78 is 0. The summed E-state index contributed by atoms with van der Waals surface area (Å²) in [4.78, 5) is 25.3. The SMILES string of the molecule is NC1=C(C2=NCCCc3scnc32)CN(C(=O)c2ccc(Cl)c(Cl)c2)CC1. The van der Waals surface area contributed by atoms with Crippen LogP contribution in [0.5, 0.6) is 0 Å². The maximum Gasteiger partial charge on any atom is 0.254 e. The number of benzene rings is 1. The topological polar surface area (TPSA) is 71.6 Å². The smallest absolute Gasteiger partial charge is 0.254 e. The molecule has 0 saturated carbocycles. The van der Waals surface area contributed by atoms with Crippen LogP contribution in [0, 0.1) is 0 Å². The van der Waals surface area contributed by atoms with Gasteiger partial charge < -0.3 is 10.6 Å². The number of fused-ring (bicyclic) bond motifs is 1. The number of hydrogen-bond donors (Lipinski definition) is 1. The van der Waals surface area contributed by atoms with Crippen molar-refractivity contribution in [3.05, 3.63) is 61.2 Å². The number of rotatable bonds is 2. The highest BCUT2D eigenvalue weighted by molar-refractivity contribution is 7.10. The summed E-state index contributed by atoms with van der Waals surface area (Å²) in [6.45, 7) is 1.72. The molecule has 0 spiro atoms. The van der Waals surface area contributed by atoms with E-state index in [1.165, 1.54) is 4.88 Å². The third kappa shape index (κ3) is 3.61. The minimum atomic E-state index is -0.0914. The quantitative estimate of drug-likeness (QED) is 0.799. The van der Waals surface area contributed by atoms with E-state index in [2.05, 4.69) is 4.98 Å². The number of nitrogens with two attached hydrogens (primary N) is 1. The number of aryl methyl sites for hydroxylation is 1. The number of aliphatic imine (C=N–C) groups is 1. The number of amides is 1. The van der Waals surface area contributed by atoms with Crippen LogP contribution in [0.1, 0.15) is 33.8 Å². The maximum atomic E-state index is 13.0. The van der Waals surface area contributed by atoms with Crippen LogP contribution >= 0.6 is 34.5 Å². The molecule has 2 N–H and O–H groups in total. The molecule has 1 aromatic heterocycles. The summed E-state index contributed by atoms with van der Waals surface area (Å²) in [6.07, 6.45) is 2.59. The second kappa shape index (κ2) is 7.62. The van der Waals surface area contributed by atoms with Crippen LogP contribution in [0.15, 0.2) is 40.0 Å². The minimum Gasteiger partial charge on any atom is -0.402 e. The predicted octanol–water partition coefficient (Wildman–Crippen LogP) is 3.94. The highest BCUT2D eigenvalue weighted by Crippen LogP contribution is 2.28. The van der Waals surface area contributed by atoms with Gasteiger partial charge in [0.15, 0.2) is 0 Å². The first-order chi connectivity index (χ1) is 13.0. The van der Waals surface area contributed by atoms with E-state index in [9.17, 15) is 4.79 Å². The number of nitrogens with zero attached hydrogens (tertiary/aromatic N) is 3. The summed E-state index contributed by atoms with van der Waals surface area (Å²) in [5.74, 6) is -0.0914. The molecule has 0 aliphatic carbocycles. The van der Waals surface area contributed by atoms with E-state index in [1.807, 2.05) is 5.51 Å². The van der Waals surface area contributed by atoms with Gasteiger partial charge in [-0.05, 0) is 31.0 Å². The molecule has 0 atom stereocenters. The molecule has 27 heavy (non-hydrogen) atoms. The van der Waals surface area contributed by atoms with E-state index in [0.29, 0.717) is 35.1 Å². The van der Waals surface area contributed by atoms with Crippen LogP contribution in [0.4, 0.5) is 0 Å². The van der Waals surface area contributed by atoms with Crippen LogP contribution in [-0.2, 0) is 6.42 Å². The van der Waals surface area contributed by atoms with Crippen molar-refractivity contribution in [1.29, 1.82) is 0 Å². The standard InChI is InChI=1S/C19H18Cl2N4OS/c20-13-4-3-11(8-14(13)21)19(26)25-7-5-15(22)12(9-25)17-18-16(27-10-24-18)2-1-6-23-17/h3-4,8,10H,1-2,5-7,9,22H2. The van der Waals surface area contributed by atoms with Crippen LogP contribution < -0.4 is 5.73 Å². The summed E-state index contributed by atoms with van der Waals surface area (Å²) in [5, 5.41) is 0.802. The molecule has 5 nitrogen and oxygen atoms in total. The van der Waals surface area contributed by atoms with Gasteiger partial charge in [0, 0.05) is 47.8 Å². The van der Waals surface area contributed by atoms with E-state index in [4.69, 9.17) is 33.9 Å². The third-order valence-corrected chi connectivity index (χ3v) is 6.46. The molecule has 4 rings (SSSR count). The molecular formula is C19H18Cl2N4OS. The Morgan fingerprint density at radius 2 is 2.07 bits per heavy atom. The minimum absolute atomic E-state index is 0.0914. The number of halogens is 2. The van der Waals surface area contributed by atoms with E-state index >= 15 is 0 Å². The van der Waals surface area contributed by atoms with E-state index in [1.54, 1.807) is 34.4 Å². The van der Waals surface area contributed by atoms with Crippen LogP contribution in [0.25, 0.3) is 0 Å². The highest BCUT2D eigenvalue weighted by Gasteiger charge is 2.28. The number of aromatic nitrogens is 1. The Balaban J connectivity index is 1.63. The predicted molar refractivity (Wildman–Crippen MR) is 110 cm³/mol. The van der Waals surface area contributed by atoms with Gasteiger partial charge in [-0.3, -0.25) is 9.79 Å². The van der Waals surface area contributed by atoms with Gasteiger partial charge in [0.05, 0.1) is 21.3 Å². The Morgan fingerprint density at radius 1 is 1.22 bits per heavy atom. The molecule has 8 heteroatoms. The van der Waals surface area contributed by atoms with Crippen molar-refractivity contribution in [3.63, 3.8) is 0 Å². The average Bonchev–Trinajstić information content (AvgIpc) is 3.04. The average molecular weight is 421 g/mol. The Labute approximate surface area is 171 Å². The van der Waals surface area contributed by atoms with Crippen molar-refractivity contribution in [3.8, 4) is 0 Å². The van der Waals surface area contributed by atoms with Crippen molar-refractivity contribution >= 4 is 46.2 Å². The number of thiazole rings is 1. The van der Waals surface area contributed by atoms with Gasteiger partial charge in [0.2, 0.25) is 0 Å². The van der Waals surface area contributed by atoms with Crippen LogP contribution in [0.2, 0.25) is 10.0 Å². The molecule has 0 saturated heterocycles. The molecule has 0 bridgehead atoms. The number of carbonyl (C=O) groups excluding carboxylic acids is 1. The fraction of sp³-hybridized carbons (Fsp3) is 0.316. The molecule has 0 unspecified atom stereocenters. The summed E-state index contributed by atoms with van der Waals surface area (Å²) >= 11 is 13.7. The molecule has 0 fully saturated rings. The Morgan fingerprint density at radius 3 is 2.89 bits per heavy atom. The Hall–Kier alpha value is -1.89. The largest absolute Gasteiger partial charge is 0.402 e. The second-order valence-corrected chi connectivity index (χ2v) is 8.32. The molecule has 2 aromatic rings. The van der Waals surface area contributed by atoms with Crippen molar-refractivity contribution in [2.75, 3.05) is 19.6 Å². The van der Waals surface area contributed by atoms with E-state index < -0.39 is 0 Å². The molecule has 2 aliphatic rings. The van der Waals surface area contributed by atoms with Crippen molar-refractivity contribution in [2.24, 2.45) is 10.7 Å². The zero-order valence-electron chi connectivity index (χ0n) is 14.5. The Kier molecular flexibility index (Phi) is 5.21. The van der Waals surface area contributed by atoms with Crippen LogP contribution in [-0.4, -0.2) is 41.1 Å². The fourth-order valence-electron chi connectivity index (χ4n) is 3.37. The van der Waals surface area contributed by atoms with E-state index in [0.717, 1.165) is 42.1 Å². The maximum absolute atomic E-state index is 13.0. The van der Waals surface area contributed by atoms with Gasteiger partial charge in [-0.25, -0.2) is 4.98 Å². The number of carbonyl (C=O) groups is 1. The Bertz CT molecular complexity index is 966. The van der Waals surface area contributed by atoms with Gasteiger partial charge >= 0.3 is 0 Å². The summed E-state index contributed by atoms with van der Waals surface area (Å²) in [5.41, 5.74) is 12.1. The first-order valence-corrected chi connectivity index (χ1v) is 10.4. The van der Waals surface area contributed by atoms with Gasteiger partial charge in [-0.2, -0.15) is 0 Å². The van der Waals surface area contributed by atoms with Crippen molar-refractivity contribution in [2.45, 2.75) is 19.3 Å². The zero-order valence-corrected chi connectivity index (χ0v) is 16.9. The van der Waals surface area contributed by atoms with Gasteiger partial charge in [-0.15, -0.1) is 11.3 Å². The first-order valence-electron chi connectivity index (χ1n) is 8.74. The summed E-state index contributed by atoms with van der Waals surface area (Å²) in [7, 11) is 0. The highest BCUT2D eigenvalue weighted by atomic mass is 35.5. The molecule has 2 aliphatic heterocycles. The lowest BCUT2D eigenvalue weighted by Gasteiger charge is -2.30. The zero-order chi connectivity index (χ0) is 19.0. The van der Waals surface area contributed by atoms with E-state index in [-0.39, 0.29) is 5.91 Å². The monoisotopic (exact) mass is 420 g/mol. The molecule has 1 amide bonds. The van der Waals surface area contributed by atoms with Crippen molar-refractivity contribution < 1.29 is 4.79 Å². The third-order valence-electron chi connectivity index (χ3n) is 4.82. The van der Waals surface area contributed by atoms with Crippen molar-refractivity contribution in [1.82, 2.24) is 9.88 Å². The molecule has 140 valence electrons. The lowest BCUT2D eigenvalue weighted by atomic mass is 9.98. The first kappa shape index (κ1) is 18.5. The molecule has 0 radical (unpaired) electrons. The van der Waals surface area contributed by atoms with Crippen LogP contribution in [0.3, 0.4) is 0 Å². The van der Waals surface area contributed by atoms with Gasteiger partial charge in [0.1, 0.15) is 5.69 Å². The molecular weight excluding hydrogens is 403 g/mol. The second-order valence-electron chi connectivity index (χ2n) is 6.57. The fourth-order valence-corrected chi connectivity index (χ4v) is 4.48. The lowest BCUT2D eigenvalue weighted by Crippen LogP contribution is -2.40. The molecule has 1 aromatic carbocycles. The summed E-state index contributed by atoms with van der Waals surface area (Å²) in [6, 6.07) is 4.94. The number of hydrogen-bond acceptors (Lipinski definition) is 5. The van der Waals surface area contributed by atoms with Gasteiger partial charge in [-0.1, -0.05) is 23.2 Å². The molecule has 3 heterocycles. The van der Waals surface area contributed by atoms with Gasteiger partial charge in [0.25, 0.3) is 5.91 Å². The lowest BCUT2D eigenvalue weighted by molar-refractivity contribution is 0.0766. The normalized spacial score (nSPS) is 17.4.